The number of piperazine rings is 1. The first-order valence-corrected chi connectivity index (χ1v) is 9.90. The van der Waals surface area contributed by atoms with Gasteiger partial charge in [-0.05, 0) is 61.4 Å². The third-order valence-electron chi connectivity index (χ3n) is 5.48. The SMILES string of the molecule is Cc1ccc(-n2nc(N3CCN(C(=O)c4cccc(F)c4)CC3)ccc2=O)cc1C. The molecule has 1 amide bonds. The molecule has 1 fully saturated rings. The maximum atomic E-state index is 13.4. The minimum absolute atomic E-state index is 0.179. The van der Waals surface area contributed by atoms with Gasteiger partial charge in [0.25, 0.3) is 11.5 Å². The number of hydrogen-bond donors (Lipinski definition) is 0. The molecule has 0 N–H and O–H groups in total. The van der Waals surface area contributed by atoms with E-state index in [9.17, 15) is 14.0 Å². The van der Waals surface area contributed by atoms with E-state index in [1.807, 2.05) is 36.9 Å². The van der Waals surface area contributed by atoms with E-state index in [0.717, 1.165) is 16.8 Å². The van der Waals surface area contributed by atoms with Crippen molar-refractivity contribution in [3.8, 4) is 5.69 Å². The van der Waals surface area contributed by atoms with Gasteiger partial charge in [0.15, 0.2) is 0 Å². The van der Waals surface area contributed by atoms with Crippen molar-refractivity contribution in [2.24, 2.45) is 0 Å². The van der Waals surface area contributed by atoms with Crippen LogP contribution in [0.25, 0.3) is 5.69 Å². The number of nitrogens with zero attached hydrogens (tertiary/aromatic N) is 4. The van der Waals surface area contributed by atoms with Crippen LogP contribution >= 0.6 is 0 Å². The van der Waals surface area contributed by atoms with Gasteiger partial charge in [-0.3, -0.25) is 9.59 Å². The number of carbonyl (C=O) groups excluding carboxylic acids is 1. The Bertz CT molecular complexity index is 1150. The zero-order valence-electron chi connectivity index (χ0n) is 17.0. The van der Waals surface area contributed by atoms with E-state index < -0.39 is 5.82 Å². The Labute approximate surface area is 174 Å². The van der Waals surface area contributed by atoms with Crippen LogP contribution in [0.5, 0.6) is 0 Å². The van der Waals surface area contributed by atoms with Gasteiger partial charge < -0.3 is 9.80 Å². The number of hydrogen-bond acceptors (Lipinski definition) is 4. The van der Waals surface area contributed by atoms with Gasteiger partial charge in [-0.1, -0.05) is 12.1 Å². The van der Waals surface area contributed by atoms with Crippen LogP contribution in [-0.4, -0.2) is 46.8 Å². The molecule has 4 rings (SSSR count). The van der Waals surface area contributed by atoms with Gasteiger partial charge in [0.05, 0.1) is 5.69 Å². The van der Waals surface area contributed by atoms with Gasteiger partial charge in [-0.15, -0.1) is 5.10 Å². The predicted molar refractivity (Wildman–Crippen MR) is 114 cm³/mol. The van der Waals surface area contributed by atoms with E-state index in [0.29, 0.717) is 37.6 Å². The fraction of sp³-hybridized carbons (Fsp3) is 0.261. The molecule has 0 aliphatic carbocycles. The third kappa shape index (κ3) is 3.96. The van der Waals surface area contributed by atoms with Crippen LogP contribution in [0.4, 0.5) is 10.2 Å². The summed E-state index contributed by atoms with van der Waals surface area (Å²) in [5.74, 6) is 0.0881. The number of anilines is 1. The molecular formula is C23H23FN4O2. The van der Waals surface area contributed by atoms with Crippen LogP contribution in [-0.2, 0) is 0 Å². The number of benzene rings is 2. The molecule has 1 aromatic heterocycles. The molecule has 7 heteroatoms. The second-order valence-corrected chi connectivity index (χ2v) is 7.50. The maximum absolute atomic E-state index is 13.4. The first-order valence-electron chi connectivity index (χ1n) is 9.90. The van der Waals surface area contributed by atoms with Crippen molar-refractivity contribution < 1.29 is 9.18 Å². The summed E-state index contributed by atoms with van der Waals surface area (Å²) in [6.07, 6.45) is 0. The van der Waals surface area contributed by atoms with E-state index in [4.69, 9.17) is 0 Å². The van der Waals surface area contributed by atoms with Crippen LogP contribution in [0.15, 0.2) is 59.4 Å². The summed E-state index contributed by atoms with van der Waals surface area (Å²) in [5.41, 5.74) is 3.13. The lowest BCUT2D eigenvalue weighted by Crippen LogP contribution is -2.49. The highest BCUT2D eigenvalue weighted by Gasteiger charge is 2.23. The summed E-state index contributed by atoms with van der Waals surface area (Å²) in [7, 11) is 0. The Morgan fingerprint density at radius 1 is 0.933 bits per heavy atom. The number of halogens is 1. The minimum Gasteiger partial charge on any atom is -0.352 e. The van der Waals surface area contributed by atoms with Gasteiger partial charge in [-0.2, -0.15) is 4.68 Å². The van der Waals surface area contributed by atoms with Crippen molar-refractivity contribution in [1.82, 2.24) is 14.7 Å². The van der Waals surface area contributed by atoms with Crippen LogP contribution in [0.2, 0.25) is 0 Å². The van der Waals surface area contributed by atoms with E-state index >= 15 is 0 Å². The Morgan fingerprint density at radius 3 is 2.40 bits per heavy atom. The van der Waals surface area contributed by atoms with E-state index in [1.165, 1.54) is 22.9 Å². The number of carbonyl (C=O) groups is 1. The first-order chi connectivity index (χ1) is 14.4. The van der Waals surface area contributed by atoms with Gasteiger partial charge in [0.1, 0.15) is 11.6 Å². The number of amides is 1. The number of aryl methyl sites for hydroxylation is 2. The topological polar surface area (TPSA) is 58.4 Å². The van der Waals surface area contributed by atoms with Crippen LogP contribution < -0.4 is 10.5 Å². The zero-order chi connectivity index (χ0) is 21.3. The lowest BCUT2D eigenvalue weighted by atomic mass is 10.1. The Morgan fingerprint density at radius 2 is 1.70 bits per heavy atom. The van der Waals surface area contributed by atoms with Crippen molar-refractivity contribution in [3.63, 3.8) is 0 Å². The molecule has 3 aromatic rings. The van der Waals surface area contributed by atoms with Gasteiger partial charge >= 0.3 is 0 Å². The lowest BCUT2D eigenvalue weighted by Gasteiger charge is -2.35. The second kappa shape index (κ2) is 8.10. The molecule has 0 atom stereocenters. The minimum atomic E-state index is -0.419. The summed E-state index contributed by atoms with van der Waals surface area (Å²) >= 11 is 0. The molecule has 154 valence electrons. The van der Waals surface area contributed by atoms with E-state index in [1.54, 1.807) is 23.1 Å². The average Bonchev–Trinajstić information content (AvgIpc) is 2.76. The summed E-state index contributed by atoms with van der Waals surface area (Å²) < 4.78 is 14.8. The van der Waals surface area contributed by atoms with Gasteiger partial charge in [0, 0.05) is 37.8 Å². The van der Waals surface area contributed by atoms with Crippen LogP contribution in [0.1, 0.15) is 21.5 Å². The molecule has 30 heavy (non-hydrogen) atoms. The third-order valence-corrected chi connectivity index (χ3v) is 5.48. The quantitative estimate of drug-likeness (QED) is 0.671. The fourth-order valence-corrected chi connectivity index (χ4v) is 3.56. The summed E-state index contributed by atoms with van der Waals surface area (Å²) in [5, 5.41) is 4.55. The smallest absolute Gasteiger partial charge is 0.271 e. The number of rotatable bonds is 3. The Kier molecular flexibility index (Phi) is 5.35. The summed E-state index contributed by atoms with van der Waals surface area (Å²) in [4.78, 5) is 28.8. The van der Waals surface area contributed by atoms with Gasteiger partial charge in [0.2, 0.25) is 0 Å². The highest BCUT2D eigenvalue weighted by atomic mass is 19.1. The molecular weight excluding hydrogens is 383 g/mol. The van der Waals surface area contributed by atoms with E-state index in [-0.39, 0.29) is 11.5 Å². The fourth-order valence-electron chi connectivity index (χ4n) is 3.56. The largest absolute Gasteiger partial charge is 0.352 e. The predicted octanol–water partition coefficient (Wildman–Crippen LogP) is 2.95. The van der Waals surface area contributed by atoms with Crippen molar-refractivity contribution >= 4 is 11.7 Å². The summed E-state index contributed by atoms with van der Waals surface area (Å²) in [6.45, 7) is 6.19. The molecule has 0 spiro atoms. The monoisotopic (exact) mass is 406 g/mol. The molecule has 1 aliphatic heterocycles. The highest BCUT2D eigenvalue weighted by Crippen LogP contribution is 2.17. The molecule has 1 saturated heterocycles. The maximum Gasteiger partial charge on any atom is 0.271 e. The highest BCUT2D eigenvalue weighted by molar-refractivity contribution is 5.94. The van der Waals surface area contributed by atoms with Crippen LogP contribution in [0.3, 0.4) is 0 Å². The van der Waals surface area contributed by atoms with Crippen molar-refractivity contribution in [1.29, 1.82) is 0 Å². The standard InChI is InChI=1S/C23H23FN4O2/c1-16-6-7-20(14-17(16)2)28-22(29)9-8-21(25-28)26-10-12-27(13-11-26)23(30)18-4-3-5-19(24)15-18/h3-9,14-15H,10-13H2,1-2H3. The molecule has 0 bridgehead atoms. The first kappa shape index (κ1) is 19.8. The molecule has 2 aromatic carbocycles. The van der Waals surface area contributed by atoms with E-state index in [2.05, 4.69) is 5.10 Å². The second-order valence-electron chi connectivity index (χ2n) is 7.50. The van der Waals surface area contributed by atoms with Crippen molar-refractivity contribution in [2.45, 2.75) is 13.8 Å². The summed E-state index contributed by atoms with van der Waals surface area (Å²) in [6, 6.07) is 14.8. The molecule has 0 saturated carbocycles. The molecule has 0 radical (unpaired) electrons. The van der Waals surface area contributed by atoms with Gasteiger partial charge in [-0.25, -0.2) is 4.39 Å². The zero-order valence-corrected chi connectivity index (χ0v) is 17.0. The molecule has 6 nitrogen and oxygen atoms in total. The molecule has 1 aliphatic rings. The number of aromatic nitrogens is 2. The van der Waals surface area contributed by atoms with Crippen molar-refractivity contribution in [2.75, 3.05) is 31.1 Å². The average molecular weight is 406 g/mol. The molecule has 2 heterocycles. The lowest BCUT2D eigenvalue weighted by molar-refractivity contribution is 0.0746. The Balaban J connectivity index is 1.50. The van der Waals surface area contributed by atoms with Crippen LogP contribution in [0, 0.1) is 19.7 Å². The Hall–Kier alpha value is -3.48. The van der Waals surface area contributed by atoms with Crippen molar-refractivity contribution in [3.05, 3.63) is 87.5 Å². The molecule has 0 unspecified atom stereocenters. The normalized spacial score (nSPS) is 14.1.